The number of carbonyl (C=O) groups excluding carboxylic acids is 2. The van der Waals surface area contributed by atoms with Crippen molar-refractivity contribution in [3.63, 3.8) is 0 Å². The van der Waals surface area contributed by atoms with Crippen molar-refractivity contribution in [2.75, 3.05) is 6.61 Å². The van der Waals surface area contributed by atoms with Gasteiger partial charge in [-0.25, -0.2) is 0 Å². The van der Waals surface area contributed by atoms with Crippen molar-refractivity contribution in [1.29, 1.82) is 0 Å². The molecule has 0 atom stereocenters. The van der Waals surface area contributed by atoms with E-state index in [0.29, 0.717) is 21.4 Å². The number of thiocarbonyl (C=S) groups is 1. The molecule has 0 radical (unpaired) electrons. The van der Waals surface area contributed by atoms with Gasteiger partial charge in [-0.05, 0) is 53.5 Å². The van der Waals surface area contributed by atoms with Gasteiger partial charge in [-0.1, -0.05) is 56.1 Å². The highest BCUT2D eigenvalue weighted by molar-refractivity contribution is 7.80. The third-order valence-corrected chi connectivity index (χ3v) is 4.54. The minimum atomic E-state index is -0.512. The first-order valence-corrected chi connectivity index (χ1v) is 9.81. The Hall–Kier alpha value is -2.35. The van der Waals surface area contributed by atoms with E-state index < -0.39 is 5.91 Å². The average Bonchev–Trinajstić information content (AvgIpc) is 2.65. The average molecular weight is 454 g/mol. The Kier molecular flexibility index (Phi) is 7.84. The van der Waals surface area contributed by atoms with Crippen LogP contribution in [0.4, 0.5) is 0 Å². The number of nitrogens with one attached hydrogen (secondary N) is 3. The Balaban J connectivity index is 1.78. The minimum absolute atomic E-state index is 0.00550. The Morgan fingerprint density at radius 2 is 1.69 bits per heavy atom. The molecule has 0 aliphatic rings. The molecule has 2 amide bonds. The summed E-state index contributed by atoms with van der Waals surface area (Å²) in [5.74, 6) is -0.579. The van der Waals surface area contributed by atoms with Crippen molar-refractivity contribution in [2.45, 2.75) is 26.2 Å². The number of ether oxygens (including phenoxy) is 1. The maximum Gasteiger partial charge on any atom is 0.276 e. The number of rotatable bonds is 4. The lowest BCUT2D eigenvalue weighted by Gasteiger charge is -2.19. The zero-order valence-electron chi connectivity index (χ0n) is 16.1. The molecule has 0 fully saturated rings. The minimum Gasteiger partial charge on any atom is -0.482 e. The summed E-state index contributed by atoms with van der Waals surface area (Å²) in [6.45, 7) is 5.97. The van der Waals surface area contributed by atoms with E-state index in [4.69, 9.17) is 40.2 Å². The van der Waals surface area contributed by atoms with E-state index in [2.05, 4.69) is 36.9 Å². The molecule has 2 aromatic carbocycles. The molecule has 6 nitrogen and oxygen atoms in total. The first-order chi connectivity index (χ1) is 13.6. The Bertz CT molecular complexity index is 912. The summed E-state index contributed by atoms with van der Waals surface area (Å²) in [4.78, 5) is 24.1. The van der Waals surface area contributed by atoms with Crippen LogP contribution >= 0.6 is 35.4 Å². The molecule has 3 N–H and O–H groups in total. The molecule has 2 aromatic rings. The monoisotopic (exact) mass is 453 g/mol. The van der Waals surface area contributed by atoms with Crippen LogP contribution in [0.5, 0.6) is 5.75 Å². The third kappa shape index (κ3) is 7.20. The van der Waals surface area contributed by atoms with Crippen molar-refractivity contribution < 1.29 is 14.3 Å². The van der Waals surface area contributed by atoms with Crippen LogP contribution in [0.25, 0.3) is 0 Å². The molecule has 0 spiro atoms. The SMILES string of the molecule is CC(C)(C)c1ccc(C(=O)NC(=S)NNC(=O)COc2ccc(Cl)cc2Cl)cc1. The first kappa shape index (κ1) is 22.9. The first-order valence-electron chi connectivity index (χ1n) is 8.65. The maximum absolute atomic E-state index is 12.2. The molecular formula is C20H21Cl2N3O3S. The number of carbonyl (C=O) groups is 2. The van der Waals surface area contributed by atoms with Gasteiger partial charge in [0.1, 0.15) is 5.75 Å². The lowest BCUT2D eigenvalue weighted by molar-refractivity contribution is -0.123. The molecule has 0 saturated carbocycles. The maximum atomic E-state index is 12.2. The zero-order valence-corrected chi connectivity index (χ0v) is 18.5. The van der Waals surface area contributed by atoms with Crippen molar-refractivity contribution in [3.8, 4) is 5.75 Å². The fraction of sp³-hybridized carbons (Fsp3) is 0.250. The second-order valence-electron chi connectivity index (χ2n) is 7.15. The highest BCUT2D eigenvalue weighted by Gasteiger charge is 2.15. The normalized spacial score (nSPS) is 10.8. The number of benzene rings is 2. The molecule has 0 aliphatic heterocycles. The summed E-state index contributed by atoms with van der Waals surface area (Å²) in [6.07, 6.45) is 0. The number of hydrazine groups is 1. The standard InChI is InChI=1S/C20H21Cl2N3O3S/c1-20(2,3)13-6-4-12(5-7-13)18(27)23-19(29)25-24-17(26)11-28-16-9-8-14(21)10-15(16)22/h4-10H,11H2,1-3H3,(H,24,26)(H2,23,25,27,29). The highest BCUT2D eigenvalue weighted by atomic mass is 35.5. The Morgan fingerprint density at radius 1 is 1.03 bits per heavy atom. The molecule has 0 saturated heterocycles. The van der Waals surface area contributed by atoms with Crippen molar-refractivity contribution >= 4 is 52.3 Å². The third-order valence-electron chi connectivity index (χ3n) is 3.81. The quantitative estimate of drug-likeness (QED) is 0.481. The van der Waals surface area contributed by atoms with Gasteiger partial charge in [0.15, 0.2) is 11.7 Å². The molecule has 2 rings (SSSR count). The van der Waals surface area contributed by atoms with Crippen LogP contribution in [-0.4, -0.2) is 23.5 Å². The fourth-order valence-corrected chi connectivity index (χ4v) is 2.83. The zero-order chi connectivity index (χ0) is 21.6. The van der Waals surface area contributed by atoms with Crippen LogP contribution in [0.2, 0.25) is 10.0 Å². The molecule has 0 aliphatic carbocycles. The van der Waals surface area contributed by atoms with Gasteiger partial charge in [0.25, 0.3) is 11.8 Å². The van der Waals surface area contributed by atoms with Gasteiger partial charge in [-0.15, -0.1) is 0 Å². The van der Waals surface area contributed by atoms with Crippen LogP contribution < -0.4 is 20.9 Å². The smallest absolute Gasteiger partial charge is 0.276 e. The van der Waals surface area contributed by atoms with Gasteiger partial charge in [0.2, 0.25) is 0 Å². The van der Waals surface area contributed by atoms with Crippen LogP contribution in [0.15, 0.2) is 42.5 Å². The topological polar surface area (TPSA) is 79.5 Å². The second-order valence-corrected chi connectivity index (χ2v) is 8.40. The van der Waals surface area contributed by atoms with Crippen molar-refractivity contribution in [1.82, 2.24) is 16.2 Å². The largest absolute Gasteiger partial charge is 0.482 e. The van der Waals surface area contributed by atoms with Gasteiger partial charge in [0, 0.05) is 10.6 Å². The lowest BCUT2D eigenvalue weighted by Crippen LogP contribution is -2.49. The molecular weight excluding hydrogens is 433 g/mol. The van der Waals surface area contributed by atoms with E-state index >= 15 is 0 Å². The van der Waals surface area contributed by atoms with E-state index in [1.165, 1.54) is 6.07 Å². The molecule has 0 heterocycles. The van der Waals surface area contributed by atoms with Crippen LogP contribution in [0.1, 0.15) is 36.7 Å². The number of halogens is 2. The van der Waals surface area contributed by atoms with E-state index in [-0.39, 0.29) is 23.0 Å². The van der Waals surface area contributed by atoms with E-state index in [0.717, 1.165) is 5.56 Å². The van der Waals surface area contributed by atoms with Gasteiger partial charge in [0.05, 0.1) is 5.02 Å². The molecule has 0 bridgehead atoms. The van der Waals surface area contributed by atoms with E-state index in [9.17, 15) is 9.59 Å². The highest BCUT2D eigenvalue weighted by Crippen LogP contribution is 2.27. The lowest BCUT2D eigenvalue weighted by atomic mass is 9.87. The summed E-state index contributed by atoms with van der Waals surface area (Å²) in [7, 11) is 0. The summed E-state index contributed by atoms with van der Waals surface area (Å²) in [6, 6.07) is 11.9. The number of amides is 2. The van der Waals surface area contributed by atoms with Gasteiger partial charge < -0.3 is 4.74 Å². The summed E-state index contributed by atoms with van der Waals surface area (Å²) in [5, 5.41) is 3.19. The van der Waals surface area contributed by atoms with E-state index in [1.807, 2.05) is 12.1 Å². The summed E-state index contributed by atoms with van der Waals surface area (Å²) < 4.78 is 5.30. The summed E-state index contributed by atoms with van der Waals surface area (Å²) >= 11 is 16.8. The van der Waals surface area contributed by atoms with Crippen LogP contribution in [0, 0.1) is 0 Å². The number of hydrogen-bond acceptors (Lipinski definition) is 4. The Labute approximate surface area is 184 Å². The Morgan fingerprint density at radius 3 is 2.28 bits per heavy atom. The van der Waals surface area contributed by atoms with Gasteiger partial charge >= 0.3 is 0 Å². The van der Waals surface area contributed by atoms with Gasteiger partial charge in [-0.3, -0.25) is 25.8 Å². The van der Waals surface area contributed by atoms with Crippen molar-refractivity contribution in [2.24, 2.45) is 0 Å². The van der Waals surface area contributed by atoms with E-state index in [1.54, 1.807) is 24.3 Å². The predicted molar refractivity (Wildman–Crippen MR) is 118 cm³/mol. The number of hydrogen-bond donors (Lipinski definition) is 3. The predicted octanol–water partition coefficient (Wildman–Crippen LogP) is 4.01. The molecule has 0 aromatic heterocycles. The molecule has 154 valence electrons. The molecule has 9 heteroatoms. The van der Waals surface area contributed by atoms with Crippen LogP contribution in [-0.2, 0) is 10.2 Å². The molecule has 0 unspecified atom stereocenters. The molecule has 29 heavy (non-hydrogen) atoms. The van der Waals surface area contributed by atoms with Crippen LogP contribution in [0.3, 0.4) is 0 Å². The second kappa shape index (κ2) is 9.91. The fourth-order valence-electron chi connectivity index (χ4n) is 2.23. The van der Waals surface area contributed by atoms with Crippen molar-refractivity contribution in [3.05, 3.63) is 63.6 Å². The van der Waals surface area contributed by atoms with Gasteiger partial charge in [-0.2, -0.15) is 0 Å². The summed E-state index contributed by atoms with van der Waals surface area (Å²) in [5.41, 5.74) is 6.34.